The van der Waals surface area contributed by atoms with E-state index in [4.69, 9.17) is 0 Å². The highest BCUT2D eigenvalue weighted by molar-refractivity contribution is 5.31. The maximum atomic E-state index is 13.7. The van der Waals surface area contributed by atoms with Gasteiger partial charge in [0.25, 0.3) is 0 Å². The lowest BCUT2D eigenvalue weighted by Gasteiger charge is -2.30. The average molecular weight is 657 g/mol. The van der Waals surface area contributed by atoms with Crippen LogP contribution in [0.3, 0.4) is 0 Å². The molecule has 0 aromatic heterocycles. The molecule has 48 heavy (non-hydrogen) atoms. The fourth-order valence-electron chi connectivity index (χ4n) is 7.22. The van der Waals surface area contributed by atoms with Gasteiger partial charge in [0.05, 0.1) is 0 Å². The average Bonchev–Trinajstić information content (AvgIpc) is 4.03. The van der Waals surface area contributed by atoms with Crippen LogP contribution in [0.1, 0.15) is 70.9 Å². The van der Waals surface area contributed by atoms with Crippen molar-refractivity contribution < 1.29 is 17.6 Å². The lowest BCUT2D eigenvalue weighted by Crippen LogP contribution is -2.35. The summed E-state index contributed by atoms with van der Waals surface area (Å²) in [5.41, 5.74) is 6.72. The van der Waals surface area contributed by atoms with Crippen LogP contribution < -0.4 is 16.0 Å². The highest BCUT2D eigenvalue weighted by Crippen LogP contribution is 2.42. The molecule has 2 saturated carbocycles. The summed E-state index contributed by atoms with van der Waals surface area (Å²) in [6.07, 6.45) is 4.27. The molecule has 3 aliphatic rings. The van der Waals surface area contributed by atoms with Gasteiger partial charge in [0, 0.05) is 56.6 Å². The number of hydrogen-bond acceptors (Lipinski definition) is 4. The Labute approximate surface area is 280 Å². The third kappa shape index (κ3) is 8.53. The SMILES string of the molecule is Fc1ccc([C@@H]2C[C@H]2NCc2ccc(CN(Cc3ccc(CN[C@@H]4C[C@H]4c4ccc(F)c(F)c4)cc3)CC3CCNCC3)cc2)cc1F. The van der Waals surface area contributed by atoms with Gasteiger partial charge in [-0.3, -0.25) is 4.90 Å². The summed E-state index contributed by atoms with van der Waals surface area (Å²) in [6.45, 7) is 6.49. The molecule has 4 nitrogen and oxygen atoms in total. The second kappa shape index (κ2) is 14.9. The van der Waals surface area contributed by atoms with Crippen molar-refractivity contribution in [3.05, 3.63) is 142 Å². The number of hydrogen-bond donors (Lipinski definition) is 3. The Morgan fingerprint density at radius 2 is 1.00 bits per heavy atom. The van der Waals surface area contributed by atoms with Crippen molar-refractivity contribution in [3.8, 4) is 0 Å². The maximum Gasteiger partial charge on any atom is 0.159 e. The molecule has 1 heterocycles. The van der Waals surface area contributed by atoms with Crippen LogP contribution in [0.2, 0.25) is 0 Å². The predicted octanol–water partition coefficient (Wildman–Crippen LogP) is 7.54. The number of piperidine rings is 1. The molecule has 2 aliphatic carbocycles. The van der Waals surface area contributed by atoms with E-state index in [1.807, 2.05) is 0 Å². The smallest absolute Gasteiger partial charge is 0.159 e. The Balaban J connectivity index is 0.906. The summed E-state index contributed by atoms with van der Waals surface area (Å²) in [6, 6.07) is 26.7. The molecule has 0 spiro atoms. The van der Waals surface area contributed by atoms with E-state index < -0.39 is 23.3 Å². The molecular formula is C40H44F4N4. The minimum atomic E-state index is -0.798. The Morgan fingerprint density at radius 1 is 0.562 bits per heavy atom. The molecule has 0 amide bonds. The van der Waals surface area contributed by atoms with E-state index >= 15 is 0 Å². The van der Waals surface area contributed by atoms with E-state index in [0.717, 1.165) is 69.8 Å². The third-order valence-electron chi connectivity index (χ3n) is 10.3. The normalized spacial score (nSPS) is 22.3. The van der Waals surface area contributed by atoms with E-state index in [0.29, 0.717) is 5.92 Å². The zero-order chi connectivity index (χ0) is 33.0. The highest BCUT2D eigenvalue weighted by atomic mass is 19.2. The molecule has 252 valence electrons. The van der Waals surface area contributed by atoms with Crippen LogP contribution in [0.4, 0.5) is 17.6 Å². The van der Waals surface area contributed by atoms with E-state index in [1.165, 1.54) is 59.4 Å². The standard InChI is InChI=1S/C40H44F4N4/c41-35-11-9-31(17-37(35)43)33-19-39(33)46-21-26-1-5-28(6-2-26)23-48(25-30-13-15-45-16-14-30)24-29-7-3-27(4-8-29)22-47-40-20-34(40)32-10-12-36(42)38(44)18-32/h1-12,17-18,30,33-34,39-40,45-47H,13-16,19-25H2/t33-,34-,39+,40+/m0/s1. The van der Waals surface area contributed by atoms with Gasteiger partial charge >= 0.3 is 0 Å². The third-order valence-corrected chi connectivity index (χ3v) is 10.3. The van der Waals surface area contributed by atoms with Gasteiger partial charge in [0.1, 0.15) is 0 Å². The van der Waals surface area contributed by atoms with E-state index in [2.05, 4.69) is 69.4 Å². The molecular weight excluding hydrogens is 612 g/mol. The fraction of sp³-hybridized carbons (Fsp3) is 0.400. The minimum absolute atomic E-state index is 0.235. The van der Waals surface area contributed by atoms with Crippen LogP contribution in [0, 0.1) is 29.2 Å². The Kier molecular flexibility index (Phi) is 10.2. The quantitative estimate of drug-likeness (QED) is 0.123. The summed E-state index contributed by atoms with van der Waals surface area (Å²) >= 11 is 0. The summed E-state index contributed by atoms with van der Waals surface area (Å²) in [4.78, 5) is 2.57. The van der Waals surface area contributed by atoms with Crippen LogP contribution in [-0.2, 0) is 26.2 Å². The molecule has 1 saturated heterocycles. The van der Waals surface area contributed by atoms with Crippen LogP contribution in [0.25, 0.3) is 0 Å². The van der Waals surface area contributed by atoms with Crippen molar-refractivity contribution in [2.24, 2.45) is 5.92 Å². The van der Waals surface area contributed by atoms with Gasteiger partial charge in [-0.2, -0.15) is 0 Å². The van der Waals surface area contributed by atoms with Crippen molar-refractivity contribution in [2.75, 3.05) is 19.6 Å². The maximum absolute atomic E-state index is 13.7. The molecule has 3 N–H and O–H groups in total. The second-order valence-electron chi connectivity index (χ2n) is 14.0. The van der Waals surface area contributed by atoms with Gasteiger partial charge < -0.3 is 16.0 Å². The van der Waals surface area contributed by atoms with E-state index in [-0.39, 0.29) is 23.9 Å². The van der Waals surface area contributed by atoms with Crippen LogP contribution in [-0.4, -0.2) is 36.6 Å². The van der Waals surface area contributed by atoms with Gasteiger partial charge in [-0.1, -0.05) is 60.7 Å². The van der Waals surface area contributed by atoms with Gasteiger partial charge in [0.15, 0.2) is 23.3 Å². The van der Waals surface area contributed by atoms with Gasteiger partial charge in [-0.25, -0.2) is 17.6 Å². The second-order valence-corrected chi connectivity index (χ2v) is 14.0. The predicted molar refractivity (Wildman–Crippen MR) is 181 cm³/mol. The number of halogens is 4. The first-order valence-corrected chi connectivity index (χ1v) is 17.3. The topological polar surface area (TPSA) is 39.3 Å². The van der Waals surface area contributed by atoms with Crippen LogP contribution >= 0.6 is 0 Å². The van der Waals surface area contributed by atoms with Gasteiger partial charge in [-0.05, 0) is 102 Å². The number of nitrogens with one attached hydrogen (secondary N) is 3. The van der Waals surface area contributed by atoms with Gasteiger partial charge in [0.2, 0.25) is 0 Å². The summed E-state index contributed by atoms with van der Waals surface area (Å²) in [7, 11) is 0. The molecule has 4 atom stereocenters. The van der Waals surface area contributed by atoms with Crippen LogP contribution in [0.5, 0.6) is 0 Å². The van der Waals surface area contributed by atoms with Crippen molar-refractivity contribution in [1.29, 1.82) is 0 Å². The first kappa shape index (κ1) is 33.0. The van der Waals surface area contributed by atoms with Crippen molar-refractivity contribution in [3.63, 3.8) is 0 Å². The molecule has 8 heteroatoms. The molecule has 1 aliphatic heterocycles. The molecule has 3 fully saturated rings. The molecule has 4 aromatic carbocycles. The van der Waals surface area contributed by atoms with Crippen LogP contribution in [0.15, 0.2) is 84.9 Å². The largest absolute Gasteiger partial charge is 0.317 e. The molecule has 7 rings (SSSR count). The minimum Gasteiger partial charge on any atom is -0.317 e. The number of nitrogens with zero attached hydrogens (tertiary/aromatic N) is 1. The number of rotatable bonds is 14. The zero-order valence-electron chi connectivity index (χ0n) is 27.2. The Bertz CT molecular complexity index is 1560. The Morgan fingerprint density at radius 3 is 1.44 bits per heavy atom. The summed E-state index contributed by atoms with van der Waals surface area (Å²) in [5.74, 6) is -2.00. The lowest BCUT2D eigenvalue weighted by atomic mass is 9.97. The summed E-state index contributed by atoms with van der Waals surface area (Å²) < 4.78 is 53.9. The van der Waals surface area contributed by atoms with E-state index in [9.17, 15) is 17.6 Å². The van der Waals surface area contributed by atoms with Crippen molar-refractivity contribution in [2.45, 2.75) is 75.8 Å². The Hall–Kier alpha value is -3.56. The van der Waals surface area contributed by atoms with E-state index in [1.54, 1.807) is 12.1 Å². The lowest BCUT2D eigenvalue weighted by molar-refractivity contribution is 0.191. The number of benzene rings is 4. The molecule has 0 bridgehead atoms. The zero-order valence-corrected chi connectivity index (χ0v) is 27.2. The van der Waals surface area contributed by atoms with Crippen molar-refractivity contribution in [1.82, 2.24) is 20.9 Å². The van der Waals surface area contributed by atoms with Gasteiger partial charge in [-0.15, -0.1) is 0 Å². The fourth-order valence-corrected chi connectivity index (χ4v) is 7.22. The highest BCUT2D eigenvalue weighted by Gasteiger charge is 2.39. The summed E-state index contributed by atoms with van der Waals surface area (Å²) in [5, 5.41) is 10.6. The first-order valence-electron chi connectivity index (χ1n) is 17.3. The van der Waals surface area contributed by atoms with Crippen molar-refractivity contribution >= 4 is 0 Å². The molecule has 4 aromatic rings. The molecule has 0 unspecified atom stereocenters. The molecule has 0 radical (unpaired) electrons. The monoisotopic (exact) mass is 656 g/mol. The first-order chi connectivity index (χ1) is 23.4.